The van der Waals surface area contributed by atoms with E-state index in [1.54, 1.807) is 0 Å². The van der Waals surface area contributed by atoms with Crippen LogP contribution in [-0.2, 0) is 6.18 Å². The molecule has 0 aliphatic heterocycles. The molecule has 1 aromatic rings. The highest BCUT2D eigenvalue weighted by molar-refractivity contribution is 9.10. The second-order valence-corrected chi connectivity index (χ2v) is 5.93. The van der Waals surface area contributed by atoms with Gasteiger partial charge in [-0.1, -0.05) is 35.2 Å². The molecule has 1 atom stereocenters. The van der Waals surface area contributed by atoms with Crippen molar-refractivity contribution in [1.82, 2.24) is 0 Å². The van der Waals surface area contributed by atoms with Crippen LogP contribution in [0.3, 0.4) is 0 Å². The normalized spacial score (nSPS) is 19.4. The number of hydrogen-bond acceptors (Lipinski definition) is 1. The van der Waals surface area contributed by atoms with E-state index in [0.717, 1.165) is 44.2 Å². The second kappa shape index (κ2) is 5.83. The summed E-state index contributed by atoms with van der Waals surface area (Å²) in [6.45, 7) is 0. The molecule has 0 radical (unpaired) electrons. The minimum absolute atomic E-state index is 0.0635. The van der Waals surface area contributed by atoms with E-state index >= 15 is 0 Å². The van der Waals surface area contributed by atoms with Crippen molar-refractivity contribution >= 4 is 15.9 Å². The molecule has 0 spiro atoms. The third-order valence-electron chi connectivity index (χ3n) is 3.74. The number of rotatable bonds is 2. The summed E-state index contributed by atoms with van der Waals surface area (Å²) in [5, 5.41) is 10.3. The molecule has 0 aromatic heterocycles. The van der Waals surface area contributed by atoms with E-state index in [2.05, 4.69) is 15.9 Å². The molecular weight excluding hydrogens is 321 g/mol. The van der Waals surface area contributed by atoms with E-state index in [0.29, 0.717) is 10.0 Å². The van der Waals surface area contributed by atoms with Gasteiger partial charge in [-0.2, -0.15) is 13.2 Å². The van der Waals surface area contributed by atoms with Crippen LogP contribution in [0.15, 0.2) is 22.7 Å². The van der Waals surface area contributed by atoms with Crippen molar-refractivity contribution < 1.29 is 18.3 Å². The van der Waals surface area contributed by atoms with Crippen LogP contribution < -0.4 is 0 Å². The maximum atomic E-state index is 12.7. The topological polar surface area (TPSA) is 20.2 Å². The van der Waals surface area contributed by atoms with Gasteiger partial charge >= 0.3 is 6.18 Å². The highest BCUT2D eigenvalue weighted by Gasteiger charge is 2.32. The number of benzene rings is 1. The summed E-state index contributed by atoms with van der Waals surface area (Å²) in [5.41, 5.74) is -0.359. The van der Waals surface area contributed by atoms with Crippen LogP contribution in [0.25, 0.3) is 0 Å². The molecule has 0 saturated heterocycles. The highest BCUT2D eigenvalue weighted by Crippen LogP contribution is 2.39. The fourth-order valence-electron chi connectivity index (χ4n) is 2.65. The first-order valence-corrected chi connectivity index (χ1v) is 7.23. The van der Waals surface area contributed by atoms with Gasteiger partial charge < -0.3 is 5.11 Å². The SMILES string of the molecule is OC(c1cc(C(F)(F)F)ccc1Br)C1CCCCC1. The zero-order chi connectivity index (χ0) is 14.0. The van der Waals surface area contributed by atoms with Gasteiger partial charge in [0.2, 0.25) is 0 Å². The van der Waals surface area contributed by atoms with Crippen molar-refractivity contribution in [2.45, 2.75) is 44.4 Å². The molecule has 5 heteroatoms. The fourth-order valence-corrected chi connectivity index (χ4v) is 3.13. The molecule has 1 aromatic carbocycles. The standard InChI is InChI=1S/C14H16BrF3O/c15-12-7-6-10(14(16,17)18)8-11(12)13(19)9-4-2-1-3-5-9/h6-9,13,19H,1-5H2. The maximum Gasteiger partial charge on any atom is 0.416 e. The van der Waals surface area contributed by atoms with E-state index < -0.39 is 17.8 Å². The first kappa shape index (κ1) is 14.9. The zero-order valence-corrected chi connectivity index (χ0v) is 12.0. The van der Waals surface area contributed by atoms with E-state index in [9.17, 15) is 18.3 Å². The van der Waals surface area contributed by atoms with Crippen LogP contribution in [0.1, 0.15) is 49.3 Å². The number of hydrogen-bond donors (Lipinski definition) is 1. The number of halogens is 4. The minimum Gasteiger partial charge on any atom is -0.388 e. The van der Waals surface area contributed by atoms with E-state index in [-0.39, 0.29) is 5.92 Å². The number of aliphatic hydroxyl groups excluding tert-OH is 1. The molecule has 0 bridgehead atoms. The summed E-state index contributed by atoms with van der Waals surface area (Å²) in [7, 11) is 0. The Morgan fingerprint density at radius 3 is 2.37 bits per heavy atom. The molecule has 2 rings (SSSR count). The van der Waals surface area contributed by atoms with E-state index in [1.807, 2.05) is 0 Å². The Balaban J connectivity index is 2.27. The summed E-state index contributed by atoms with van der Waals surface area (Å²) < 4.78 is 38.7. The fraction of sp³-hybridized carbons (Fsp3) is 0.571. The van der Waals surface area contributed by atoms with Crippen molar-refractivity contribution in [3.8, 4) is 0 Å². The first-order valence-electron chi connectivity index (χ1n) is 6.44. The van der Waals surface area contributed by atoms with E-state index in [4.69, 9.17) is 0 Å². The monoisotopic (exact) mass is 336 g/mol. The molecule has 1 nitrogen and oxygen atoms in total. The van der Waals surface area contributed by atoms with Crippen LogP contribution >= 0.6 is 15.9 Å². The molecule has 1 unspecified atom stereocenters. The molecule has 1 N–H and O–H groups in total. The van der Waals surface area contributed by atoms with Crippen LogP contribution in [0.2, 0.25) is 0 Å². The quantitative estimate of drug-likeness (QED) is 0.798. The summed E-state index contributed by atoms with van der Waals surface area (Å²) in [6, 6.07) is 3.45. The Labute approximate surface area is 119 Å². The lowest BCUT2D eigenvalue weighted by atomic mass is 9.82. The van der Waals surface area contributed by atoms with Crippen molar-refractivity contribution in [2.75, 3.05) is 0 Å². The molecular formula is C14H16BrF3O. The Kier molecular flexibility index (Phi) is 4.56. The Bertz CT molecular complexity index is 439. The lowest BCUT2D eigenvalue weighted by Gasteiger charge is -2.27. The Hall–Kier alpha value is -0.550. The Morgan fingerprint density at radius 2 is 1.79 bits per heavy atom. The van der Waals surface area contributed by atoms with Crippen molar-refractivity contribution in [3.05, 3.63) is 33.8 Å². The van der Waals surface area contributed by atoms with Gasteiger partial charge in [-0.25, -0.2) is 0 Å². The third kappa shape index (κ3) is 3.51. The maximum absolute atomic E-state index is 12.7. The van der Waals surface area contributed by atoms with Crippen LogP contribution in [0.4, 0.5) is 13.2 Å². The van der Waals surface area contributed by atoms with E-state index in [1.165, 1.54) is 6.07 Å². The molecule has 19 heavy (non-hydrogen) atoms. The van der Waals surface area contributed by atoms with Gasteiger partial charge in [-0.05, 0) is 42.5 Å². The van der Waals surface area contributed by atoms with Gasteiger partial charge in [0.15, 0.2) is 0 Å². The summed E-state index contributed by atoms with van der Waals surface area (Å²) in [4.78, 5) is 0. The minimum atomic E-state index is -4.37. The highest BCUT2D eigenvalue weighted by atomic mass is 79.9. The molecule has 1 aliphatic rings. The van der Waals surface area contributed by atoms with Gasteiger partial charge in [0.25, 0.3) is 0 Å². The molecule has 106 valence electrons. The van der Waals surface area contributed by atoms with Crippen molar-refractivity contribution in [2.24, 2.45) is 5.92 Å². The number of alkyl halides is 3. The van der Waals surface area contributed by atoms with Gasteiger partial charge in [0.1, 0.15) is 0 Å². The third-order valence-corrected chi connectivity index (χ3v) is 4.46. The predicted octanol–water partition coefficient (Wildman–Crippen LogP) is 5.08. The largest absolute Gasteiger partial charge is 0.416 e. The summed E-state index contributed by atoms with van der Waals surface area (Å²) >= 11 is 3.24. The summed E-state index contributed by atoms with van der Waals surface area (Å²) in [6.07, 6.45) is -0.212. The van der Waals surface area contributed by atoms with Gasteiger partial charge in [-0.15, -0.1) is 0 Å². The second-order valence-electron chi connectivity index (χ2n) is 5.08. The van der Waals surface area contributed by atoms with Gasteiger partial charge in [-0.3, -0.25) is 0 Å². The molecule has 0 heterocycles. The van der Waals surface area contributed by atoms with Crippen LogP contribution in [0.5, 0.6) is 0 Å². The first-order chi connectivity index (χ1) is 8.89. The smallest absolute Gasteiger partial charge is 0.388 e. The zero-order valence-electron chi connectivity index (χ0n) is 10.4. The lowest BCUT2D eigenvalue weighted by molar-refractivity contribution is -0.137. The van der Waals surface area contributed by atoms with Crippen molar-refractivity contribution in [3.63, 3.8) is 0 Å². The summed E-state index contributed by atoms with van der Waals surface area (Å²) in [5.74, 6) is 0.0635. The number of aliphatic hydroxyl groups is 1. The van der Waals surface area contributed by atoms with Crippen LogP contribution in [-0.4, -0.2) is 5.11 Å². The van der Waals surface area contributed by atoms with Crippen molar-refractivity contribution in [1.29, 1.82) is 0 Å². The van der Waals surface area contributed by atoms with Crippen LogP contribution in [0, 0.1) is 5.92 Å². The average molecular weight is 337 g/mol. The molecule has 1 aliphatic carbocycles. The average Bonchev–Trinajstić information content (AvgIpc) is 2.38. The molecule has 1 saturated carbocycles. The Morgan fingerprint density at radius 1 is 1.16 bits per heavy atom. The molecule has 0 amide bonds. The molecule has 1 fully saturated rings. The van der Waals surface area contributed by atoms with Gasteiger partial charge in [0, 0.05) is 4.47 Å². The predicted molar refractivity (Wildman–Crippen MR) is 70.7 cm³/mol. The van der Waals surface area contributed by atoms with Gasteiger partial charge in [0.05, 0.1) is 11.7 Å². The lowest BCUT2D eigenvalue weighted by Crippen LogP contribution is -2.17.